The van der Waals surface area contributed by atoms with E-state index in [0.29, 0.717) is 5.56 Å². The number of hydrogen-bond donors (Lipinski definition) is 1. The fraction of sp³-hybridized carbons (Fsp3) is 0.143. The monoisotopic (exact) mass is 360 g/mol. The van der Waals surface area contributed by atoms with Gasteiger partial charge in [0.15, 0.2) is 11.6 Å². The van der Waals surface area contributed by atoms with Crippen molar-refractivity contribution in [2.45, 2.75) is 13.0 Å². The molecule has 0 radical (unpaired) electrons. The molecule has 0 spiro atoms. The third-order valence-electron chi connectivity index (χ3n) is 2.79. The summed E-state index contributed by atoms with van der Waals surface area (Å²) >= 11 is 2.14. The number of rotatable bonds is 2. The van der Waals surface area contributed by atoms with Crippen molar-refractivity contribution in [2.24, 2.45) is 0 Å². The third-order valence-corrected chi connectivity index (χ3v) is 3.50. The van der Waals surface area contributed by atoms with Gasteiger partial charge in [-0.05, 0) is 52.8 Å². The molecule has 2 aromatic carbocycles. The van der Waals surface area contributed by atoms with Crippen LogP contribution in [0.25, 0.3) is 0 Å². The Hall–Kier alpha value is -1.01. The van der Waals surface area contributed by atoms with Crippen LogP contribution in [0.2, 0.25) is 0 Å². The van der Waals surface area contributed by atoms with Gasteiger partial charge in [-0.2, -0.15) is 0 Å². The van der Waals surface area contributed by atoms with Gasteiger partial charge in [-0.15, -0.1) is 0 Å². The van der Waals surface area contributed by atoms with Crippen LogP contribution in [0.1, 0.15) is 22.8 Å². The third kappa shape index (κ3) is 2.54. The van der Waals surface area contributed by atoms with E-state index in [1.165, 1.54) is 19.1 Å². The summed E-state index contributed by atoms with van der Waals surface area (Å²) in [6, 6.07) is 9.89. The number of aliphatic hydroxyl groups excluding tert-OH is 1. The molecule has 18 heavy (non-hydrogen) atoms. The summed E-state index contributed by atoms with van der Waals surface area (Å²) in [7, 11) is 0. The predicted molar refractivity (Wildman–Crippen MR) is 74.3 cm³/mol. The Morgan fingerprint density at radius 1 is 1.00 bits per heavy atom. The molecule has 94 valence electrons. The topological polar surface area (TPSA) is 20.2 Å². The molecular formula is C14H11F2IO. The minimum absolute atomic E-state index is 0.0423. The smallest absolute Gasteiger partial charge is 0.165 e. The number of hydrogen-bond acceptors (Lipinski definition) is 1. The summed E-state index contributed by atoms with van der Waals surface area (Å²) < 4.78 is 28.2. The van der Waals surface area contributed by atoms with Crippen LogP contribution in [0, 0.1) is 22.1 Å². The molecule has 1 nitrogen and oxygen atoms in total. The van der Waals surface area contributed by atoms with Gasteiger partial charge in [0.2, 0.25) is 0 Å². The van der Waals surface area contributed by atoms with Gasteiger partial charge in [0.05, 0.1) is 0 Å². The van der Waals surface area contributed by atoms with Crippen molar-refractivity contribution in [3.05, 3.63) is 68.3 Å². The minimum Gasteiger partial charge on any atom is -0.384 e. The second-order valence-corrected chi connectivity index (χ2v) is 5.30. The van der Waals surface area contributed by atoms with E-state index < -0.39 is 17.7 Å². The molecule has 4 heteroatoms. The zero-order valence-corrected chi connectivity index (χ0v) is 11.8. The van der Waals surface area contributed by atoms with Gasteiger partial charge < -0.3 is 5.11 Å². The van der Waals surface area contributed by atoms with Crippen molar-refractivity contribution < 1.29 is 13.9 Å². The average Bonchev–Trinajstić information content (AvgIpc) is 2.36. The van der Waals surface area contributed by atoms with E-state index in [1.807, 2.05) is 12.1 Å². The lowest BCUT2D eigenvalue weighted by atomic mass is 10.00. The molecule has 0 bridgehead atoms. The van der Waals surface area contributed by atoms with Gasteiger partial charge in [0, 0.05) is 9.13 Å². The zero-order chi connectivity index (χ0) is 13.3. The van der Waals surface area contributed by atoms with Gasteiger partial charge in [0.25, 0.3) is 0 Å². The van der Waals surface area contributed by atoms with Crippen LogP contribution in [-0.2, 0) is 0 Å². The largest absolute Gasteiger partial charge is 0.384 e. The average molecular weight is 360 g/mol. The van der Waals surface area contributed by atoms with Crippen LogP contribution in [0.3, 0.4) is 0 Å². The summed E-state index contributed by atoms with van der Waals surface area (Å²) in [5, 5.41) is 10.1. The van der Waals surface area contributed by atoms with Crippen LogP contribution < -0.4 is 0 Å². The van der Waals surface area contributed by atoms with Crippen LogP contribution in [0.15, 0.2) is 36.4 Å². The van der Waals surface area contributed by atoms with E-state index in [4.69, 9.17) is 0 Å². The molecule has 0 saturated heterocycles. The molecule has 0 aliphatic carbocycles. The lowest BCUT2D eigenvalue weighted by Crippen LogP contribution is -2.05. The zero-order valence-electron chi connectivity index (χ0n) is 9.62. The highest BCUT2D eigenvalue weighted by atomic mass is 127. The van der Waals surface area contributed by atoms with Crippen molar-refractivity contribution in [2.75, 3.05) is 0 Å². The van der Waals surface area contributed by atoms with Crippen molar-refractivity contribution in [1.29, 1.82) is 0 Å². The van der Waals surface area contributed by atoms with E-state index in [2.05, 4.69) is 22.6 Å². The maximum absolute atomic E-state index is 13.7. The van der Waals surface area contributed by atoms with E-state index in [0.717, 1.165) is 3.57 Å². The summed E-state index contributed by atoms with van der Waals surface area (Å²) in [5.74, 6) is -1.89. The summed E-state index contributed by atoms with van der Waals surface area (Å²) in [5.41, 5.74) is 0.725. The maximum Gasteiger partial charge on any atom is 0.165 e. The molecule has 0 aliphatic rings. The number of aryl methyl sites for hydroxylation is 1. The molecular weight excluding hydrogens is 349 g/mol. The number of halogens is 3. The first kappa shape index (κ1) is 13.4. The second-order valence-electron chi connectivity index (χ2n) is 4.05. The lowest BCUT2D eigenvalue weighted by molar-refractivity contribution is 0.213. The standard InChI is InChI=1S/C14H11F2IO/c1-8-2-7-11(13(16)12(8)15)14(18)9-3-5-10(17)6-4-9/h2-7,14,18H,1H3. The predicted octanol–water partition coefficient (Wildman–Crippen LogP) is 3.96. The Morgan fingerprint density at radius 2 is 1.61 bits per heavy atom. The Bertz CT molecular complexity index is 567. The number of aliphatic hydroxyl groups is 1. The van der Waals surface area contributed by atoms with Gasteiger partial charge in [-0.3, -0.25) is 0 Å². The molecule has 0 aromatic heterocycles. The van der Waals surface area contributed by atoms with Crippen molar-refractivity contribution in [3.63, 3.8) is 0 Å². The molecule has 2 rings (SSSR count). The fourth-order valence-electron chi connectivity index (χ4n) is 1.70. The molecule has 1 N–H and O–H groups in total. The first-order valence-electron chi connectivity index (χ1n) is 5.38. The Kier molecular flexibility index (Phi) is 3.97. The first-order chi connectivity index (χ1) is 8.50. The highest BCUT2D eigenvalue weighted by molar-refractivity contribution is 14.1. The van der Waals surface area contributed by atoms with Crippen LogP contribution >= 0.6 is 22.6 Å². The molecule has 0 fully saturated rings. The molecule has 1 atom stereocenters. The Balaban J connectivity index is 2.43. The fourth-order valence-corrected chi connectivity index (χ4v) is 2.06. The minimum atomic E-state index is -1.16. The quantitative estimate of drug-likeness (QED) is 0.804. The highest BCUT2D eigenvalue weighted by Gasteiger charge is 2.18. The van der Waals surface area contributed by atoms with E-state index in [-0.39, 0.29) is 11.1 Å². The molecule has 1 unspecified atom stereocenters. The van der Waals surface area contributed by atoms with Gasteiger partial charge in [-0.1, -0.05) is 24.3 Å². The summed E-state index contributed by atoms with van der Waals surface area (Å²) in [6.45, 7) is 1.49. The number of benzene rings is 2. The van der Waals surface area contributed by atoms with Gasteiger partial charge >= 0.3 is 0 Å². The SMILES string of the molecule is Cc1ccc(C(O)c2ccc(I)cc2)c(F)c1F. The Labute approximate surface area is 118 Å². The molecule has 0 heterocycles. The van der Waals surface area contributed by atoms with E-state index in [9.17, 15) is 13.9 Å². The maximum atomic E-state index is 13.7. The summed E-state index contributed by atoms with van der Waals surface area (Å²) in [4.78, 5) is 0. The van der Waals surface area contributed by atoms with Crippen LogP contribution in [-0.4, -0.2) is 5.11 Å². The Morgan fingerprint density at radius 3 is 2.22 bits per heavy atom. The second kappa shape index (κ2) is 5.32. The first-order valence-corrected chi connectivity index (χ1v) is 6.46. The van der Waals surface area contributed by atoms with Crippen LogP contribution in [0.4, 0.5) is 8.78 Å². The van der Waals surface area contributed by atoms with Crippen molar-refractivity contribution in [3.8, 4) is 0 Å². The molecule has 0 saturated carbocycles. The van der Waals surface area contributed by atoms with E-state index >= 15 is 0 Å². The summed E-state index contributed by atoms with van der Waals surface area (Å²) in [6.07, 6.45) is -1.16. The van der Waals surface area contributed by atoms with Crippen LogP contribution in [0.5, 0.6) is 0 Å². The van der Waals surface area contributed by atoms with E-state index in [1.54, 1.807) is 12.1 Å². The van der Waals surface area contributed by atoms with Gasteiger partial charge in [0.1, 0.15) is 6.10 Å². The molecule has 2 aromatic rings. The molecule has 0 amide bonds. The van der Waals surface area contributed by atoms with Crippen molar-refractivity contribution >= 4 is 22.6 Å². The van der Waals surface area contributed by atoms with Crippen molar-refractivity contribution in [1.82, 2.24) is 0 Å². The highest BCUT2D eigenvalue weighted by Crippen LogP contribution is 2.27. The lowest BCUT2D eigenvalue weighted by Gasteiger charge is -2.13. The normalized spacial score (nSPS) is 12.5. The molecule has 0 aliphatic heterocycles. The van der Waals surface area contributed by atoms with Gasteiger partial charge in [-0.25, -0.2) is 8.78 Å².